The van der Waals surface area contributed by atoms with Crippen molar-refractivity contribution in [2.45, 2.75) is 41.5 Å². The van der Waals surface area contributed by atoms with Crippen LogP contribution in [-0.2, 0) is 4.79 Å². The van der Waals surface area contributed by atoms with Gasteiger partial charge in [0, 0.05) is 0 Å². The molecular formula is C12H20O. The third-order valence-electron chi connectivity index (χ3n) is 2.25. The summed E-state index contributed by atoms with van der Waals surface area (Å²) in [6.45, 7) is 12.0. The molecule has 0 saturated carbocycles. The molecule has 0 aliphatic heterocycles. The summed E-state index contributed by atoms with van der Waals surface area (Å²) < 4.78 is 0. The van der Waals surface area contributed by atoms with Crippen LogP contribution in [-0.4, -0.2) is 5.78 Å². The fourth-order valence-corrected chi connectivity index (χ4v) is 0.998. The minimum absolute atomic E-state index is 0.145. The van der Waals surface area contributed by atoms with Gasteiger partial charge in [0.05, 0.1) is 0 Å². The fourth-order valence-electron chi connectivity index (χ4n) is 0.998. The number of allylic oxidation sites excluding steroid dienone is 4. The van der Waals surface area contributed by atoms with E-state index in [0.29, 0.717) is 5.92 Å². The molecule has 0 aliphatic carbocycles. The maximum atomic E-state index is 11.6. The maximum absolute atomic E-state index is 11.6. The highest BCUT2D eigenvalue weighted by atomic mass is 16.1. The van der Waals surface area contributed by atoms with Crippen molar-refractivity contribution in [1.29, 1.82) is 0 Å². The van der Waals surface area contributed by atoms with Crippen LogP contribution < -0.4 is 0 Å². The molecule has 0 spiro atoms. The largest absolute Gasteiger partial charge is 0.290 e. The minimum Gasteiger partial charge on any atom is -0.290 e. The predicted molar refractivity (Wildman–Crippen MR) is 57.7 cm³/mol. The van der Waals surface area contributed by atoms with Crippen molar-refractivity contribution >= 4 is 5.78 Å². The Morgan fingerprint density at radius 1 is 1.08 bits per heavy atom. The van der Waals surface area contributed by atoms with E-state index in [1.807, 2.05) is 27.7 Å². The second kappa shape index (κ2) is 5.00. The Hall–Kier alpha value is -0.850. The average Bonchev–Trinajstić information content (AvgIpc) is 2.00. The van der Waals surface area contributed by atoms with Crippen LogP contribution in [0.2, 0.25) is 0 Å². The number of hydrogen-bond acceptors (Lipinski definition) is 1. The molecule has 0 amide bonds. The second-order valence-corrected chi connectivity index (χ2v) is 4.05. The molecular weight excluding hydrogens is 160 g/mol. The lowest BCUT2D eigenvalue weighted by Gasteiger charge is -2.08. The van der Waals surface area contributed by atoms with Crippen molar-refractivity contribution in [3.63, 3.8) is 0 Å². The molecule has 0 N–H and O–H groups in total. The summed E-state index contributed by atoms with van der Waals surface area (Å²) in [7, 11) is 0. The third-order valence-corrected chi connectivity index (χ3v) is 2.25. The quantitative estimate of drug-likeness (QED) is 0.607. The lowest BCUT2D eigenvalue weighted by atomic mass is 9.97. The number of ketones is 1. The standard InChI is InChI=1S/C12H20O/c1-8(2)7-12(13)11(6)10(5)9(3)4/h7,9H,1-6H3/b11-10-. The van der Waals surface area contributed by atoms with Gasteiger partial charge in [-0.25, -0.2) is 0 Å². The Labute approximate surface area is 81.5 Å². The summed E-state index contributed by atoms with van der Waals surface area (Å²) in [5, 5.41) is 0. The summed E-state index contributed by atoms with van der Waals surface area (Å²) in [5.41, 5.74) is 3.12. The molecule has 0 atom stereocenters. The van der Waals surface area contributed by atoms with Crippen molar-refractivity contribution in [3.05, 3.63) is 22.8 Å². The van der Waals surface area contributed by atoms with E-state index in [0.717, 1.165) is 11.1 Å². The van der Waals surface area contributed by atoms with Crippen LogP contribution in [0.1, 0.15) is 41.5 Å². The molecule has 0 unspecified atom stereocenters. The lowest BCUT2D eigenvalue weighted by molar-refractivity contribution is -0.111. The van der Waals surface area contributed by atoms with Crippen LogP contribution in [0.5, 0.6) is 0 Å². The van der Waals surface area contributed by atoms with Crippen molar-refractivity contribution in [2.24, 2.45) is 5.92 Å². The van der Waals surface area contributed by atoms with E-state index in [1.165, 1.54) is 5.57 Å². The van der Waals surface area contributed by atoms with Crippen LogP contribution in [0, 0.1) is 5.92 Å². The third kappa shape index (κ3) is 4.07. The minimum atomic E-state index is 0.145. The van der Waals surface area contributed by atoms with Gasteiger partial charge in [0.25, 0.3) is 0 Å². The van der Waals surface area contributed by atoms with E-state index in [1.54, 1.807) is 6.08 Å². The molecule has 0 radical (unpaired) electrons. The molecule has 0 aromatic rings. The smallest absolute Gasteiger partial charge is 0.181 e. The van der Waals surface area contributed by atoms with E-state index < -0.39 is 0 Å². The molecule has 13 heavy (non-hydrogen) atoms. The van der Waals surface area contributed by atoms with Gasteiger partial charge in [-0.1, -0.05) is 25.0 Å². The summed E-state index contributed by atoms with van der Waals surface area (Å²) in [6.07, 6.45) is 1.70. The van der Waals surface area contributed by atoms with Gasteiger partial charge < -0.3 is 0 Å². The fraction of sp³-hybridized carbons (Fsp3) is 0.583. The topological polar surface area (TPSA) is 17.1 Å². The summed E-state index contributed by atoms with van der Waals surface area (Å²) in [6, 6.07) is 0. The summed E-state index contributed by atoms with van der Waals surface area (Å²) in [5.74, 6) is 0.598. The zero-order chi connectivity index (χ0) is 10.6. The van der Waals surface area contributed by atoms with E-state index in [9.17, 15) is 4.79 Å². The van der Waals surface area contributed by atoms with E-state index in [-0.39, 0.29) is 5.78 Å². The van der Waals surface area contributed by atoms with Crippen LogP contribution in [0.4, 0.5) is 0 Å². The maximum Gasteiger partial charge on any atom is 0.181 e. The molecule has 74 valence electrons. The van der Waals surface area contributed by atoms with Crippen LogP contribution >= 0.6 is 0 Å². The van der Waals surface area contributed by atoms with Crippen LogP contribution in [0.3, 0.4) is 0 Å². The van der Waals surface area contributed by atoms with Gasteiger partial charge in [0.15, 0.2) is 5.78 Å². The molecule has 1 nitrogen and oxygen atoms in total. The zero-order valence-electron chi connectivity index (χ0n) is 9.56. The van der Waals surface area contributed by atoms with Gasteiger partial charge in [0.1, 0.15) is 0 Å². The summed E-state index contributed by atoms with van der Waals surface area (Å²) >= 11 is 0. The molecule has 0 aliphatic rings. The Morgan fingerprint density at radius 2 is 1.54 bits per heavy atom. The first-order chi connectivity index (χ1) is 5.86. The highest BCUT2D eigenvalue weighted by Gasteiger charge is 2.07. The van der Waals surface area contributed by atoms with Gasteiger partial charge in [-0.05, 0) is 45.3 Å². The van der Waals surface area contributed by atoms with E-state index in [4.69, 9.17) is 0 Å². The molecule has 0 heterocycles. The van der Waals surface area contributed by atoms with Crippen LogP contribution in [0.15, 0.2) is 22.8 Å². The predicted octanol–water partition coefficient (Wildman–Crippen LogP) is 3.51. The summed E-state index contributed by atoms with van der Waals surface area (Å²) in [4.78, 5) is 11.6. The van der Waals surface area contributed by atoms with Gasteiger partial charge in [0.2, 0.25) is 0 Å². The molecule has 0 fully saturated rings. The average molecular weight is 180 g/mol. The second-order valence-electron chi connectivity index (χ2n) is 4.05. The first-order valence-electron chi connectivity index (χ1n) is 4.72. The molecule has 0 saturated heterocycles. The van der Waals surface area contributed by atoms with Crippen molar-refractivity contribution in [1.82, 2.24) is 0 Å². The monoisotopic (exact) mass is 180 g/mol. The van der Waals surface area contributed by atoms with Crippen LogP contribution in [0.25, 0.3) is 0 Å². The highest BCUT2D eigenvalue weighted by Crippen LogP contribution is 2.15. The molecule has 0 aromatic carbocycles. The molecule has 0 aromatic heterocycles. The Bertz CT molecular complexity index is 250. The molecule has 0 bridgehead atoms. The number of carbonyl (C=O) groups excluding carboxylic acids is 1. The SMILES string of the molecule is CC(C)=CC(=O)/C(C)=C(/C)C(C)C. The van der Waals surface area contributed by atoms with Crippen molar-refractivity contribution in [3.8, 4) is 0 Å². The van der Waals surface area contributed by atoms with Crippen molar-refractivity contribution < 1.29 is 4.79 Å². The van der Waals surface area contributed by atoms with Crippen molar-refractivity contribution in [2.75, 3.05) is 0 Å². The molecule has 1 heteroatoms. The van der Waals surface area contributed by atoms with Gasteiger partial charge in [-0.3, -0.25) is 4.79 Å². The normalized spacial score (nSPS) is 12.5. The van der Waals surface area contributed by atoms with Gasteiger partial charge >= 0.3 is 0 Å². The highest BCUT2D eigenvalue weighted by molar-refractivity contribution is 6.04. The Kier molecular flexibility index (Phi) is 4.68. The first kappa shape index (κ1) is 12.2. The molecule has 0 rings (SSSR count). The lowest BCUT2D eigenvalue weighted by Crippen LogP contribution is -2.02. The van der Waals surface area contributed by atoms with E-state index >= 15 is 0 Å². The zero-order valence-corrected chi connectivity index (χ0v) is 9.56. The Morgan fingerprint density at radius 3 is 1.85 bits per heavy atom. The Balaban J connectivity index is 4.79. The first-order valence-corrected chi connectivity index (χ1v) is 4.72. The van der Waals surface area contributed by atoms with Gasteiger partial charge in [-0.2, -0.15) is 0 Å². The number of hydrogen-bond donors (Lipinski definition) is 0. The van der Waals surface area contributed by atoms with Gasteiger partial charge in [-0.15, -0.1) is 0 Å². The van der Waals surface area contributed by atoms with E-state index in [2.05, 4.69) is 13.8 Å². The number of rotatable bonds is 3. The number of carbonyl (C=O) groups is 1.